The summed E-state index contributed by atoms with van der Waals surface area (Å²) in [4.78, 5) is 10.4. The fraction of sp³-hybridized carbons (Fsp3) is 0.417. The Balaban J connectivity index is 2.59. The maximum atomic E-state index is 12.5. The molecule has 0 saturated carbocycles. The van der Waals surface area contributed by atoms with E-state index in [1.165, 1.54) is 0 Å². The Morgan fingerprint density at radius 3 is 2.29 bits per heavy atom. The molecular weight excluding hydrogens is 233 g/mol. The van der Waals surface area contributed by atoms with Crippen LogP contribution in [0.3, 0.4) is 0 Å². The highest BCUT2D eigenvalue weighted by molar-refractivity contribution is 5.67. The third-order valence-corrected chi connectivity index (χ3v) is 2.51. The van der Waals surface area contributed by atoms with Crippen molar-refractivity contribution in [3.63, 3.8) is 0 Å². The van der Waals surface area contributed by atoms with Crippen molar-refractivity contribution in [3.8, 4) is 0 Å². The highest BCUT2D eigenvalue weighted by Gasteiger charge is 2.40. The van der Waals surface area contributed by atoms with Crippen LogP contribution in [0.4, 0.5) is 13.2 Å². The van der Waals surface area contributed by atoms with Crippen molar-refractivity contribution in [2.45, 2.75) is 25.4 Å². The summed E-state index contributed by atoms with van der Waals surface area (Å²) in [6.07, 6.45) is -5.28. The minimum absolute atomic E-state index is 0.195. The summed E-state index contributed by atoms with van der Waals surface area (Å²) in [7, 11) is 0. The zero-order chi connectivity index (χ0) is 12.9. The lowest BCUT2D eigenvalue weighted by Crippen LogP contribution is -2.26. The topological polar surface area (TPSA) is 37.3 Å². The van der Waals surface area contributed by atoms with Crippen LogP contribution in [-0.4, -0.2) is 17.3 Å². The average Bonchev–Trinajstić information content (AvgIpc) is 2.23. The Morgan fingerprint density at radius 2 is 1.82 bits per heavy atom. The molecule has 1 aromatic carbocycles. The molecule has 0 bridgehead atoms. The monoisotopic (exact) mass is 246 g/mol. The Bertz CT molecular complexity index is 360. The van der Waals surface area contributed by atoms with Crippen LogP contribution < -0.4 is 0 Å². The van der Waals surface area contributed by atoms with E-state index in [9.17, 15) is 18.0 Å². The summed E-state index contributed by atoms with van der Waals surface area (Å²) in [5.41, 5.74) is 0.784. The van der Waals surface area contributed by atoms with Crippen LogP contribution in [0.15, 0.2) is 30.3 Å². The molecule has 0 aliphatic carbocycles. The van der Waals surface area contributed by atoms with Gasteiger partial charge >= 0.3 is 12.1 Å². The van der Waals surface area contributed by atoms with Crippen LogP contribution in [0.25, 0.3) is 0 Å². The number of carboxylic acid groups (broad SMARTS) is 1. The van der Waals surface area contributed by atoms with Gasteiger partial charge in [0.1, 0.15) is 0 Å². The van der Waals surface area contributed by atoms with Gasteiger partial charge in [0.05, 0.1) is 12.3 Å². The predicted octanol–water partition coefficient (Wildman–Crippen LogP) is 3.27. The van der Waals surface area contributed by atoms with Gasteiger partial charge in [-0.05, 0) is 18.4 Å². The van der Waals surface area contributed by atoms with E-state index in [-0.39, 0.29) is 12.8 Å². The maximum Gasteiger partial charge on any atom is 0.392 e. The standard InChI is InChI=1S/C12H13F3O2/c13-12(14,15)10(8-11(16)17)7-6-9-4-2-1-3-5-9/h1-5,10H,6-8H2,(H,16,17)/t10-/m0/s1. The van der Waals surface area contributed by atoms with Crippen LogP contribution in [0.5, 0.6) is 0 Å². The van der Waals surface area contributed by atoms with Crippen LogP contribution in [0.2, 0.25) is 0 Å². The second-order valence-electron chi connectivity index (χ2n) is 3.86. The molecule has 1 rings (SSSR count). The summed E-state index contributed by atoms with van der Waals surface area (Å²) in [5.74, 6) is -3.19. The number of aryl methyl sites for hydroxylation is 1. The van der Waals surface area contributed by atoms with Gasteiger partial charge in [-0.15, -0.1) is 0 Å². The van der Waals surface area contributed by atoms with Crippen molar-refractivity contribution < 1.29 is 23.1 Å². The van der Waals surface area contributed by atoms with Gasteiger partial charge in [-0.25, -0.2) is 0 Å². The molecule has 0 fully saturated rings. The van der Waals surface area contributed by atoms with Crippen LogP contribution in [0, 0.1) is 5.92 Å². The quantitative estimate of drug-likeness (QED) is 0.865. The number of hydrogen-bond acceptors (Lipinski definition) is 1. The zero-order valence-electron chi connectivity index (χ0n) is 9.07. The second kappa shape index (κ2) is 5.70. The van der Waals surface area contributed by atoms with Gasteiger partial charge in [0.2, 0.25) is 0 Å². The normalized spacial score (nSPS) is 13.4. The van der Waals surface area contributed by atoms with Gasteiger partial charge in [0, 0.05) is 0 Å². The minimum Gasteiger partial charge on any atom is -0.481 e. The molecule has 0 saturated heterocycles. The van der Waals surface area contributed by atoms with E-state index >= 15 is 0 Å². The molecule has 1 atom stereocenters. The summed E-state index contributed by atoms with van der Waals surface area (Å²) < 4.78 is 37.6. The second-order valence-corrected chi connectivity index (χ2v) is 3.86. The molecule has 17 heavy (non-hydrogen) atoms. The van der Waals surface area contributed by atoms with Crippen molar-refractivity contribution in [3.05, 3.63) is 35.9 Å². The molecule has 94 valence electrons. The molecular formula is C12H13F3O2. The number of carboxylic acids is 1. The van der Waals surface area contributed by atoms with E-state index in [2.05, 4.69) is 0 Å². The van der Waals surface area contributed by atoms with Gasteiger partial charge in [-0.2, -0.15) is 13.2 Å². The molecule has 5 heteroatoms. The van der Waals surface area contributed by atoms with Gasteiger partial charge in [0.25, 0.3) is 0 Å². The van der Waals surface area contributed by atoms with Crippen molar-refractivity contribution in [2.75, 3.05) is 0 Å². The first-order valence-electron chi connectivity index (χ1n) is 5.22. The third kappa shape index (κ3) is 4.89. The first-order valence-corrected chi connectivity index (χ1v) is 5.22. The van der Waals surface area contributed by atoms with E-state index in [0.717, 1.165) is 5.56 Å². The predicted molar refractivity (Wildman–Crippen MR) is 56.6 cm³/mol. The van der Waals surface area contributed by atoms with Gasteiger partial charge < -0.3 is 5.11 Å². The molecule has 0 amide bonds. The number of rotatable bonds is 5. The molecule has 0 radical (unpaired) electrons. The van der Waals surface area contributed by atoms with Gasteiger partial charge in [-0.3, -0.25) is 4.79 Å². The first kappa shape index (κ1) is 13.5. The van der Waals surface area contributed by atoms with E-state index in [0.29, 0.717) is 0 Å². The van der Waals surface area contributed by atoms with E-state index in [1.54, 1.807) is 30.3 Å². The van der Waals surface area contributed by atoms with Crippen molar-refractivity contribution in [1.82, 2.24) is 0 Å². The van der Waals surface area contributed by atoms with Crippen molar-refractivity contribution in [2.24, 2.45) is 5.92 Å². The fourth-order valence-electron chi connectivity index (χ4n) is 1.58. The molecule has 1 aromatic rings. The highest BCUT2D eigenvalue weighted by Crippen LogP contribution is 2.32. The summed E-state index contributed by atoms with van der Waals surface area (Å²) in [6, 6.07) is 8.73. The fourth-order valence-corrected chi connectivity index (χ4v) is 1.58. The average molecular weight is 246 g/mol. The maximum absolute atomic E-state index is 12.5. The summed E-state index contributed by atoms with van der Waals surface area (Å²) >= 11 is 0. The minimum atomic E-state index is -4.45. The lowest BCUT2D eigenvalue weighted by atomic mass is 9.96. The Morgan fingerprint density at radius 1 is 1.24 bits per heavy atom. The first-order chi connectivity index (χ1) is 7.89. The Hall–Kier alpha value is -1.52. The van der Waals surface area contributed by atoms with Crippen LogP contribution in [-0.2, 0) is 11.2 Å². The molecule has 0 heterocycles. The number of benzene rings is 1. The lowest BCUT2D eigenvalue weighted by Gasteiger charge is -2.18. The number of aliphatic carboxylic acids is 1. The number of halogens is 3. The van der Waals surface area contributed by atoms with E-state index in [1.807, 2.05) is 0 Å². The smallest absolute Gasteiger partial charge is 0.392 e. The Kier molecular flexibility index (Phi) is 4.54. The highest BCUT2D eigenvalue weighted by atomic mass is 19.4. The molecule has 0 unspecified atom stereocenters. The number of alkyl halides is 3. The molecule has 0 aliphatic rings. The molecule has 0 aliphatic heterocycles. The zero-order valence-corrected chi connectivity index (χ0v) is 9.07. The number of hydrogen-bond donors (Lipinski definition) is 1. The molecule has 2 nitrogen and oxygen atoms in total. The molecule has 0 spiro atoms. The summed E-state index contributed by atoms with van der Waals surface area (Å²) in [5, 5.41) is 8.44. The van der Waals surface area contributed by atoms with Crippen molar-refractivity contribution >= 4 is 5.97 Å². The molecule has 1 N–H and O–H groups in total. The van der Waals surface area contributed by atoms with Crippen molar-refractivity contribution in [1.29, 1.82) is 0 Å². The SMILES string of the molecule is O=C(O)C[C@H](CCc1ccccc1)C(F)(F)F. The third-order valence-electron chi connectivity index (χ3n) is 2.51. The largest absolute Gasteiger partial charge is 0.481 e. The molecule has 0 aromatic heterocycles. The summed E-state index contributed by atoms with van der Waals surface area (Å²) in [6.45, 7) is 0. The lowest BCUT2D eigenvalue weighted by molar-refractivity contribution is -0.184. The van der Waals surface area contributed by atoms with Gasteiger partial charge in [0.15, 0.2) is 0 Å². The van der Waals surface area contributed by atoms with E-state index in [4.69, 9.17) is 5.11 Å². The Labute approximate surface area is 97.1 Å². The number of carbonyl (C=O) groups is 1. The van der Waals surface area contributed by atoms with E-state index < -0.39 is 24.5 Å². The van der Waals surface area contributed by atoms with Crippen LogP contribution >= 0.6 is 0 Å². The van der Waals surface area contributed by atoms with Crippen LogP contribution in [0.1, 0.15) is 18.4 Å². The van der Waals surface area contributed by atoms with Gasteiger partial charge in [-0.1, -0.05) is 30.3 Å².